The second kappa shape index (κ2) is 10.3. The molecule has 0 saturated carbocycles. The predicted octanol–water partition coefficient (Wildman–Crippen LogP) is 3.03. The Hall–Kier alpha value is -0.900. The molecular formula is C17H32IN5OS. The quantitative estimate of drug-likeness (QED) is 0.343. The van der Waals surface area contributed by atoms with Crippen LogP contribution in [0.3, 0.4) is 0 Å². The number of carbonyl (C=O) groups is 1. The molecule has 3 N–H and O–H groups in total. The molecule has 6 nitrogen and oxygen atoms in total. The number of hydrogen-bond donors (Lipinski definition) is 3. The average Bonchev–Trinajstić information content (AvgIpc) is 2.89. The minimum Gasteiger partial charge on any atom is -0.357 e. The Morgan fingerprint density at radius 1 is 1.20 bits per heavy atom. The highest BCUT2D eigenvalue weighted by Crippen LogP contribution is 2.25. The van der Waals surface area contributed by atoms with Gasteiger partial charge in [-0.2, -0.15) is 0 Å². The van der Waals surface area contributed by atoms with E-state index < -0.39 is 0 Å². The Bertz CT molecular complexity index is 572. The van der Waals surface area contributed by atoms with E-state index in [-0.39, 0.29) is 47.4 Å². The molecule has 0 bridgehead atoms. The molecule has 1 rings (SSSR count). The van der Waals surface area contributed by atoms with Crippen molar-refractivity contribution in [3.8, 4) is 0 Å². The maximum atomic E-state index is 11.9. The lowest BCUT2D eigenvalue weighted by Gasteiger charge is -2.21. The van der Waals surface area contributed by atoms with Gasteiger partial charge in [0, 0.05) is 22.9 Å². The topological polar surface area (TPSA) is 78.4 Å². The largest absolute Gasteiger partial charge is 0.357 e. The maximum Gasteiger partial charge on any atom is 0.239 e. The van der Waals surface area contributed by atoms with Crippen LogP contribution in [0.4, 0.5) is 0 Å². The number of aromatic nitrogens is 1. The molecule has 0 aliphatic rings. The van der Waals surface area contributed by atoms with E-state index in [4.69, 9.17) is 0 Å². The number of carbonyl (C=O) groups excluding carboxylic acids is 1. The summed E-state index contributed by atoms with van der Waals surface area (Å²) in [6.07, 6.45) is 0. The highest BCUT2D eigenvalue weighted by Gasteiger charge is 2.18. The molecule has 0 spiro atoms. The average molecular weight is 481 g/mol. The minimum absolute atomic E-state index is 0. The first-order chi connectivity index (χ1) is 11.0. The Balaban J connectivity index is 0.00000576. The maximum absolute atomic E-state index is 11.9. The first kappa shape index (κ1) is 24.1. The van der Waals surface area contributed by atoms with E-state index in [0.29, 0.717) is 12.5 Å². The third kappa shape index (κ3) is 9.98. The molecule has 0 aliphatic heterocycles. The molecule has 1 amide bonds. The van der Waals surface area contributed by atoms with Gasteiger partial charge >= 0.3 is 0 Å². The molecule has 0 saturated heterocycles. The van der Waals surface area contributed by atoms with Crippen LogP contribution in [0.1, 0.15) is 59.2 Å². The fourth-order valence-electron chi connectivity index (χ4n) is 1.85. The van der Waals surface area contributed by atoms with Crippen molar-refractivity contribution in [1.29, 1.82) is 0 Å². The molecule has 1 aromatic rings. The summed E-state index contributed by atoms with van der Waals surface area (Å²) < 4.78 is 0. The van der Waals surface area contributed by atoms with E-state index in [9.17, 15) is 4.79 Å². The number of thiazole rings is 1. The van der Waals surface area contributed by atoms with Gasteiger partial charge in [-0.05, 0) is 27.7 Å². The van der Waals surface area contributed by atoms with Crippen molar-refractivity contribution < 1.29 is 4.79 Å². The van der Waals surface area contributed by atoms with Crippen molar-refractivity contribution in [3.05, 3.63) is 16.1 Å². The summed E-state index contributed by atoms with van der Waals surface area (Å²) in [4.78, 5) is 21.0. The standard InChI is InChI=1S/C17H31N5OS.HI/c1-8-18-15(20-10-13(23)22-17(5,6)7)19-9-12-11-24-14(21-12)16(2,3)4;/h11H,8-10H2,1-7H3,(H,22,23)(H2,18,19,20);1H. The van der Waals surface area contributed by atoms with Gasteiger partial charge in [-0.25, -0.2) is 9.98 Å². The number of nitrogens with one attached hydrogen (secondary N) is 3. The summed E-state index contributed by atoms with van der Waals surface area (Å²) in [5.41, 5.74) is 0.764. The highest BCUT2D eigenvalue weighted by molar-refractivity contribution is 14.0. The molecule has 0 atom stereocenters. The van der Waals surface area contributed by atoms with Gasteiger partial charge in [-0.15, -0.1) is 35.3 Å². The van der Waals surface area contributed by atoms with E-state index in [1.54, 1.807) is 11.3 Å². The van der Waals surface area contributed by atoms with E-state index in [0.717, 1.165) is 17.2 Å². The summed E-state index contributed by atoms with van der Waals surface area (Å²) in [6, 6.07) is 0. The third-order valence-corrected chi connectivity index (χ3v) is 4.18. The van der Waals surface area contributed by atoms with E-state index in [1.807, 2.05) is 33.1 Å². The number of halogens is 1. The molecule has 144 valence electrons. The summed E-state index contributed by atoms with van der Waals surface area (Å²) in [6.45, 7) is 15.7. The Kier molecular flexibility index (Phi) is 9.93. The number of amides is 1. The van der Waals surface area contributed by atoms with Crippen LogP contribution in [-0.4, -0.2) is 35.5 Å². The van der Waals surface area contributed by atoms with Crippen LogP contribution in [0.2, 0.25) is 0 Å². The zero-order valence-electron chi connectivity index (χ0n) is 16.3. The van der Waals surface area contributed by atoms with Crippen molar-refractivity contribution in [2.45, 2.75) is 66.0 Å². The van der Waals surface area contributed by atoms with Crippen molar-refractivity contribution in [2.75, 3.05) is 13.1 Å². The van der Waals surface area contributed by atoms with Gasteiger partial charge in [-0.1, -0.05) is 20.8 Å². The number of nitrogens with zero attached hydrogens (tertiary/aromatic N) is 2. The summed E-state index contributed by atoms with van der Waals surface area (Å²) in [7, 11) is 0. The lowest BCUT2D eigenvalue weighted by Crippen LogP contribution is -2.48. The van der Waals surface area contributed by atoms with Crippen molar-refractivity contribution in [2.24, 2.45) is 4.99 Å². The smallest absolute Gasteiger partial charge is 0.239 e. The summed E-state index contributed by atoms with van der Waals surface area (Å²) in [5, 5.41) is 12.3. The van der Waals surface area contributed by atoms with Crippen LogP contribution in [0.25, 0.3) is 0 Å². The SMILES string of the molecule is CCNC(=NCc1csc(C(C)(C)C)n1)NCC(=O)NC(C)(C)C.I. The second-order valence-electron chi connectivity index (χ2n) is 7.74. The molecule has 0 fully saturated rings. The second-order valence-corrected chi connectivity index (χ2v) is 8.60. The molecule has 0 aliphatic carbocycles. The number of guanidine groups is 1. The summed E-state index contributed by atoms with van der Waals surface area (Å²) in [5.74, 6) is 0.559. The van der Waals surface area contributed by atoms with Gasteiger partial charge in [-0.3, -0.25) is 4.79 Å². The molecule has 8 heteroatoms. The first-order valence-electron chi connectivity index (χ1n) is 8.29. The van der Waals surface area contributed by atoms with E-state index in [1.165, 1.54) is 0 Å². The van der Waals surface area contributed by atoms with Crippen LogP contribution in [0.5, 0.6) is 0 Å². The van der Waals surface area contributed by atoms with Crippen LogP contribution in [0.15, 0.2) is 10.4 Å². The molecular weight excluding hydrogens is 449 g/mol. The zero-order valence-corrected chi connectivity index (χ0v) is 19.5. The number of aliphatic imine (C=N–C) groups is 1. The minimum atomic E-state index is -0.238. The van der Waals surface area contributed by atoms with Crippen molar-refractivity contribution in [1.82, 2.24) is 20.9 Å². The van der Waals surface area contributed by atoms with Crippen LogP contribution < -0.4 is 16.0 Å². The van der Waals surface area contributed by atoms with Gasteiger partial charge in [0.2, 0.25) is 5.91 Å². The Morgan fingerprint density at radius 2 is 1.84 bits per heavy atom. The van der Waals surface area contributed by atoms with Crippen molar-refractivity contribution >= 4 is 47.2 Å². The molecule has 0 aromatic carbocycles. The normalized spacial score (nSPS) is 12.4. The first-order valence-corrected chi connectivity index (χ1v) is 9.17. The number of rotatable bonds is 5. The molecule has 1 heterocycles. The zero-order chi connectivity index (χ0) is 18.4. The van der Waals surface area contributed by atoms with Crippen LogP contribution >= 0.6 is 35.3 Å². The Labute approximate surface area is 172 Å². The molecule has 25 heavy (non-hydrogen) atoms. The van der Waals surface area contributed by atoms with Gasteiger partial charge in [0.1, 0.15) is 0 Å². The van der Waals surface area contributed by atoms with Crippen LogP contribution in [0, 0.1) is 0 Å². The van der Waals surface area contributed by atoms with Crippen LogP contribution in [-0.2, 0) is 16.8 Å². The van der Waals surface area contributed by atoms with Gasteiger partial charge < -0.3 is 16.0 Å². The molecule has 1 aromatic heterocycles. The molecule has 0 unspecified atom stereocenters. The Morgan fingerprint density at radius 3 is 2.32 bits per heavy atom. The van der Waals surface area contributed by atoms with E-state index in [2.05, 4.69) is 46.7 Å². The fourth-order valence-corrected chi connectivity index (χ4v) is 2.75. The van der Waals surface area contributed by atoms with Crippen molar-refractivity contribution in [3.63, 3.8) is 0 Å². The third-order valence-electron chi connectivity index (χ3n) is 2.87. The highest BCUT2D eigenvalue weighted by atomic mass is 127. The molecule has 0 radical (unpaired) electrons. The van der Waals surface area contributed by atoms with E-state index >= 15 is 0 Å². The lowest BCUT2D eigenvalue weighted by molar-refractivity contribution is -0.121. The van der Waals surface area contributed by atoms with Gasteiger partial charge in [0.25, 0.3) is 0 Å². The number of hydrogen-bond acceptors (Lipinski definition) is 4. The predicted molar refractivity (Wildman–Crippen MR) is 117 cm³/mol. The summed E-state index contributed by atoms with van der Waals surface area (Å²) >= 11 is 1.66. The fraction of sp³-hybridized carbons (Fsp3) is 0.706. The van der Waals surface area contributed by atoms with Gasteiger partial charge in [0.15, 0.2) is 5.96 Å². The monoisotopic (exact) mass is 481 g/mol. The van der Waals surface area contributed by atoms with Gasteiger partial charge in [0.05, 0.1) is 23.8 Å². The lowest BCUT2D eigenvalue weighted by atomic mass is 9.98.